The highest BCUT2D eigenvalue weighted by molar-refractivity contribution is 6.32. The Hall–Kier alpha value is -3.84. The summed E-state index contributed by atoms with van der Waals surface area (Å²) in [5, 5.41) is 3.20. The van der Waals surface area contributed by atoms with Crippen molar-refractivity contribution in [1.29, 1.82) is 0 Å². The smallest absolute Gasteiger partial charge is 0.310 e. The molecule has 0 aliphatic rings. The van der Waals surface area contributed by atoms with Crippen LogP contribution in [0.2, 0.25) is 5.02 Å². The van der Waals surface area contributed by atoms with Crippen LogP contribution in [0.1, 0.15) is 28.7 Å². The van der Waals surface area contributed by atoms with Gasteiger partial charge in [-0.1, -0.05) is 23.7 Å². The molecule has 0 saturated heterocycles. The number of hydrogen-bond acceptors (Lipinski definition) is 5. The Morgan fingerprint density at radius 2 is 1.85 bits per heavy atom. The zero-order valence-corrected chi connectivity index (χ0v) is 18.9. The number of H-pyrrole nitrogens is 1. The molecule has 4 rings (SSSR count). The van der Waals surface area contributed by atoms with Gasteiger partial charge in [-0.25, -0.2) is 4.98 Å². The molecule has 4 aromatic rings. The van der Waals surface area contributed by atoms with Crippen LogP contribution in [-0.4, -0.2) is 28.5 Å². The average molecular weight is 464 g/mol. The van der Waals surface area contributed by atoms with Crippen LogP contribution in [0.5, 0.6) is 11.5 Å². The number of fused-ring (bicyclic) bond motifs is 1. The van der Waals surface area contributed by atoms with Crippen molar-refractivity contribution in [3.63, 3.8) is 0 Å². The minimum Gasteiger partial charge on any atom is -0.466 e. The Balaban J connectivity index is 1.39. The number of carbonyl (C=O) groups is 2. The second kappa shape index (κ2) is 9.75. The van der Waals surface area contributed by atoms with Gasteiger partial charge in [0.25, 0.3) is 5.91 Å². The van der Waals surface area contributed by atoms with Gasteiger partial charge in [0.2, 0.25) is 0 Å². The van der Waals surface area contributed by atoms with Gasteiger partial charge in [0.1, 0.15) is 11.5 Å². The molecule has 1 heterocycles. The summed E-state index contributed by atoms with van der Waals surface area (Å²) >= 11 is 6.31. The Labute approximate surface area is 195 Å². The highest BCUT2D eigenvalue weighted by Gasteiger charge is 2.13. The van der Waals surface area contributed by atoms with Crippen LogP contribution >= 0.6 is 11.6 Å². The van der Waals surface area contributed by atoms with Crippen molar-refractivity contribution in [2.24, 2.45) is 0 Å². The number of carbonyl (C=O) groups excluding carboxylic acids is 2. The van der Waals surface area contributed by atoms with E-state index in [4.69, 9.17) is 21.1 Å². The molecule has 2 N–H and O–H groups in total. The first kappa shape index (κ1) is 22.4. The van der Waals surface area contributed by atoms with Crippen LogP contribution in [0.3, 0.4) is 0 Å². The summed E-state index contributed by atoms with van der Waals surface area (Å²) in [5.74, 6) is 0.604. The number of esters is 1. The van der Waals surface area contributed by atoms with Crippen LogP contribution in [0.4, 0.5) is 5.69 Å². The first-order valence-electron chi connectivity index (χ1n) is 10.4. The van der Waals surface area contributed by atoms with Gasteiger partial charge in [-0.15, -0.1) is 0 Å². The van der Waals surface area contributed by atoms with E-state index in [1.165, 1.54) is 0 Å². The number of benzene rings is 3. The fourth-order valence-corrected chi connectivity index (χ4v) is 3.51. The lowest BCUT2D eigenvalue weighted by Crippen LogP contribution is -2.13. The van der Waals surface area contributed by atoms with Crippen molar-refractivity contribution < 1.29 is 19.1 Å². The summed E-state index contributed by atoms with van der Waals surface area (Å²) in [6.45, 7) is 4.08. The summed E-state index contributed by atoms with van der Waals surface area (Å²) < 4.78 is 10.8. The number of imidazole rings is 1. The molecule has 7 nitrogen and oxygen atoms in total. The van der Waals surface area contributed by atoms with Crippen molar-refractivity contribution in [2.75, 3.05) is 11.9 Å². The van der Waals surface area contributed by atoms with Gasteiger partial charge in [0, 0.05) is 5.69 Å². The molecular weight excluding hydrogens is 442 g/mol. The first-order valence-corrected chi connectivity index (χ1v) is 10.8. The van der Waals surface area contributed by atoms with Gasteiger partial charge in [-0.3, -0.25) is 9.59 Å². The predicted octanol–water partition coefficient (Wildman–Crippen LogP) is 5.67. The molecule has 0 aliphatic carbocycles. The van der Waals surface area contributed by atoms with Crippen LogP contribution in [0.25, 0.3) is 11.0 Å². The molecule has 3 aromatic carbocycles. The number of nitrogens with zero attached hydrogens (tertiary/aromatic N) is 1. The molecule has 0 radical (unpaired) electrons. The maximum absolute atomic E-state index is 12.6. The monoisotopic (exact) mass is 463 g/mol. The number of anilines is 1. The van der Waals surface area contributed by atoms with E-state index in [1.807, 2.05) is 25.1 Å². The van der Waals surface area contributed by atoms with Crippen molar-refractivity contribution in [3.05, 3.63) is 82.6 Å². The van der Waals surface area contributed by atoms with E-state index >= 15 is 0 Å². The van der Waals surface area contributed by atoms with E-state index in [2.05, 4.69) is 15.3 Å². The van der Waals surface area contributed by atoms with E-state index < -0.39 is 0 Å². The molecule has 0 atom stereocenters. The third-order valence-electron chi connectivity index (χ3n) is 4.84. The maximum Gasteiger partial charge on any atom is 0.310 e. The zero-order chi connectivity index (χ0) is 23.4. The van der Waals surface area contributed by atoms with Crippen LogP contribution in [0.15, 0.2) is 60.7 Å². The van der Waals surface area contributed by atoms with Gasteiger partial charge in [-0.2, -0.15) is 0 Å². The summed E-state index contributed by atoms with van der Waals surface area (Å²) in [7, 11) is 0. The van der Waals surface area contributed by atoms with Gasteiger partial charge in [0.05, 0.1) is 29.1 Å². The summed E-state index contributed by atoms with van der Waals surface area (Å²) in [4.78, 5) is 31.5. The van der Waals surface area contributed by atoms with E-state index in [0.717, 1.165) is 22.2 Å². The normalized spacial score (nSPS) is 10.8. The molecule has 0 bridgehead atoms. The number of hydrogen-bond donors (Lipinski definition) is 2. The lowest BCUT2D eigenvalue weighted by atomic mass is 10.1. The molecule has 168 valence electrons. The number of aromatic nitrogens is 2. The number of aromatic amines is 1. The van der Waals surface area contributed by atoms with Gasteiger partial charge < -0.3 is 19.8 Å². The van der Waals surface area contributed by atoms with Crippen LogP contribution < -0.4 is 10.1 Å². The van der Waals surface area contributed by atoms with Gasteiger partial charge in [0.15, 0.2) is 5.82 Å². The molecule has 0 saturated carbocycles. The topological polar surface area (TPSA) is 93.3 Å². The van der Waals surface area contributed by atoms with Crippen LogP contribution in [0, 0.1) is 6.92 Å². The quantitative estimate of drug-likeness (QED) is 0.344. The highest BCUT2D eigenvalue weighted by atomic mass is 35.5. The molecule has 0 fully saturated rings. The molecule has 8 heteroatoms. The Bertz CT molecular complexity index is 1320. The Morgan fingerprint density at radius 1 is 1.06 bits per heavy atom. The lowest BCUT2D eigenvalue weighted by molar-refractivity contribution is -0.142. The second-order valence-electron chi connectivity index (χ2n) is 7.43. The largest absolute Gasteiger partial charge is 0.466 e. The van der Waals surface area contributed by atoms with E-state index in [1.54, 1.807) is 49.4 Å². The van der Waals surface area contributed by atoms with Gasteiger partial charge in [-0.05, 0) is 73.5 Å². The van der Waals surface area contributed by atoms with E-state index in [0.29, 0.717) is 28.8 Å². The number of nitrogens with one attached hydrogen (secondary N) is 2. The third kappa shape index (κ3) is 5.51. The molecule has 0 unspecified atom stereocenters. The number of ether oxygens (including phenoxy) is 2. The zero-order valence-electron chi connectivity index (χ0n) is 18.1. The molecule has 0 spiro atoms. The van der Waals surface area contributed by atoms with Gasteiger partial charge >= 0.3 is 5.97 Å². The predicted molar refractivity (Wildman–Crippen MR) is 127 cm³/mol. The average Bonchev–Trinajstić information content (AvgIpc) is 3.20. The Kier molecular flexibility index (Phi) is 6.60. The summed E-state index contributed by atoms with van der Waals surface area (Å²) in [6.07, 6.45) is 0.146. The van der Waals surface area contributed by atoms with Crippen molar-refractivity contribution >= 4 is 40.2 Å². The van der Waals surface area contributed by atoms with E-state index in [-0.39, 0.29) is 24.1 Å². The maximum atomic E-state index is 12.6. The van der Waals surface area contributed by atoms with Crippen molar-refractivity contribution in [2.45, 2.75) is 20.3 Å². The molecule has 1 aromatic heterocycles. The lowest BCUT2D eigenvalue weighted by Gasteiger charge is -2.10. The SMILES string of the molecule is CCOC(=O)Cc1ccc(Oc2ccc(NC(=O)c3nc4ccc(C)cc4[nH]3)cc2)c(Cl)c1. The molecule has 1 amide bonds. The second-order valence-corrected chi connectivity index (χ2v) is 7.84. The standard InChI is InChI=1S/C25H22ClN3O4/c1-3-32-23(30)14-16-5-11-22(19(26)13-16)33-18-8-6-17(7-9-18)27-25(31)24-28-20-10-4-15(2)12-21(20)29-24/h4-13H,3,14H2,1-2H3,(H,27,31)(H,28,29). The van der Waals surface area contributed by atoms with Crippen LogP contribution in [-0.2, 0) is 16.0 Å². The van der Waals surface area contributed by atoms with Crippen molar-refractivity contribution in [1.82, 2.24) is 9.97 Å². The minimum absolute atomic E-state index is 0.146. The fraction of sp³-hybridized carbons (Fsp3) is 0.160. The minimum atomic E-state index is -0.335. The number of aryl methyl sites for hydroxylation is 1. The summed E-state index contributed by atoms with van der Waals surface area (Å²) in [6, 6.07) is 17.8. The Morgan fingerprint density at radius 3 is 2.58 bits per heavy atom. The van der Waals surface area contributed by atoms with E-state index in [9.17, 15) is 9.59 Å². The number of amides is 1. The highest BCUT2D eigenvalue weighted by Crippen LogP contribution is 2.31. The number of halogens is 1. The molecular formula is C25H22ClN3O4. The van der Waals surface area contributed by atoms with Crippen molar-refractivity contribution in [3.8, 4) is 11.5 Å². The fourth-order valence-electron chi connectivity index (χ4n) is 3.27. The number of rotatable bonds is 7. The molecule has 33 heavy (non-hydrogen) atoms. The summed E-state index contributed by atoms with van der Waals surface area (Å²) in [5.41, 5.74) is 3.97. The third-order valence-corrected chi connectivity index (χ3v) is 5.14. The molecule has 0 aliphatic heterocycles. The first-order chi connectivity index (χ1) is 15.9.